The highest BCUT2D eigenvalue weighted by molar-refractivity contribution is 5.83. The standard InChI is InChI=1S/C9H11NO.C4H6O6/c10-9-6-5-7-3-1-2-4-8(7)11-9;5-1(3(7)8)2(6)4(9)10/h1-4,9H,5-6,10H2;1-2,5-6H,(H,7,8)(H,9,10). The van der Waals surface area contributed by atoms with E-state index in [9.17, 15) is 9.59 Å². The molecule has 116 valence electrons. The minimum Gasteiger partial charge on any atom is -0.479 e. The minimum absolute atomic E-state index is 0.107. The minimum atomic E-state index is -2.27. The van der Waals surface area contributed by atoms with Crippen LogP contribution in [0.25, 0.3) is 0 Å². The van der Waals surface area contributed by atoms with Gasteiger partial charge in [0.05, 0.1) is 0 Å². The summed E-state index contributed by atoms with van der Waals surface area (Å²) < 4.78 is 5.41. The van der Waals surface area contributed by atoms with Crippen LogP contribution in [0.15, 0.2) is 24.3 Å². The molecule has 1 aliphatic heterocycles. The van der Waals surface area contributed by atoms with Gasteiger partial charge >= 0.3 is 11.9 Å². The number of hydrogen-bond donors (Lipinski definition) is 5. The number of nitrogens with two attached hydrogens (primary N) is 1. The zero-order valence-corrected chi connectivity index (χ0v) is 11.0. The number of fused-ring (bicyclic) bond motifs is 1. The molecule has 3 atom stereocenters. The molecule has 0 spiro atoms. The Morgan fingerprint density at radius 3 is 2.19 bits per heavy atom. The maximum atomic E-state index is 9.77. The molecule has 0 aromatic heterocycles. The van der Waals surface area contributed by atoms with E-state index in [1.165, 1.54) is 5.56 Å². The number of rotatable bonds is 3. The predicted octanol–water partition coefficient (Wildman–Crippen LogP) is -0.826. The molecule has 1 heterocycles. The number of aliphatic hydroxyl groups is 2. The third-order valence-electron chi connectivity index (χ3n) is 2.75. The molecule has 2 rings (SSSR count). The molecule has 0 saturated heterocycles. The van der Waals surface area contributed by atoms with Crippen LogP contribution >= 0.6 is 0 Å². The van der Waals surface area contributed by atoms with Crippen molar-refractivity contribution in [2.24, 2.45) is 5.73 Å². The predicted molar refractivity (Wildman–Crippen MR) is 70.7 cm³/mol. The van der Waals surface area contributed by atoms with Gasteiger partial charge in [0.15, 0.2) is 12.2 Å². The van der Waals surface area contributed by atoms with Gasteiger partial charge in [-0.2, -0.15) is 0 Å². The van der Waals surface area contributed by atoms with Crippen molar-refractivity contribution in [1.82, 2.24) is 0 Å². The lowest BCUT2D eigenvalue weighted by Gasteiger charge is -2.22. The first-order valence-corrected chi connectivity index (χ1v) is 6.14. The van der Waals surface area contributed by atoms with Crippen LogP contribution < -0.4 is 10.5 Å². The van der Waals surface area contributed by atoms with Gasteiger partial charge in [0.2, 0.25) is 0 Å². The second kappa shape index (κ2) is 7.58. The Hall–Kier alpha value is -2.16. The van der Waals surface area contributed by atoms with Gasteiger partial charge in [0.25, 0.3) is 0 Å². The van der Waals surface area contributed by atoms with Gasteiger partial charge in [-0.25, -0.2) is 9.59 Å². The zero-order valence-electron chi connectivity index (χ0n) is 11.0. The molecule has 0 radical (unpaired) electrons. The molecule has 3 unspecified atom stereocenters. The van der Waals surface area contributed by atoms with E-state index in [1.54, 1.807) is 0 Å². The third-order valence-corrected chi connectivity index (χ3v) is 2.75. The molecule has 0 amide bonds. The number of aryl methyl sites for hydroxylation is 1. The average Bonchev–Trinajstić information content (AvgIpc) is 2.46. The summed E-state index contributed by atoms with van der Waals surface area (Å²) in [4.78, 5) is 19.5. The molecule has 21 heavy (non-hydrogen) atoms. The lowest BCUT2D eigenvalue weighted by atomic mass is 10.1. The monoisotopic (exact) mass is 299 g/mol. The number of aliphatic carboxylic acids is 2. The molecule has 0 bridgehead atoms. The fourth-order valence-electron chi connectivity index (χ4n) is 1.62. The maximum absolute atomic E-state index is 9.77. The SMILES string of the molecule is NC1CCc2ccccc2O1.O=C(O)C(O)C(O)C(=O)O. The molecule has 8 heteroatoms. The van der Waals surface area contributed by atoms with Gasteiger partial charge in [0, 0.05) is 6.42 Å². The van der Waals surface area contributed by atoms with Crippen LogP contribution in [0.2, 0.25) is 0 Å². The highest BCUT2D eigenvalue weighted by atomic mass is 16.5. The summed E-state index contributed by atoms with van der Waals surface area (Å²) in [5, 5.41) is 32.5. The molecule has 1 aliphatic rings. The van der Waals surface area contributed by atoms with Crippen molar-refractivity contribution in [1.29, 1.82) is 0 Å². The Morgan fingerprint density at radius 1 is 1.14 bits per heavy atom. The first-order chi connectivity index (χ1) is 9.82. The number of carbonyl (C=O) groups is 2. The Kier molecular flexibility index (Phi) is 6.10. The summed E-state index contributed by atoms with van der Waals surface area (Å²) in [6.07, 6.45) is -2.67. The van der Waals surface area contributed by atoms with Crippen LogP contribution in [0.1, 0.15) is 12.0 Å². The molecule has 0 saturated carbocycles. The lowest BCUT2D eigenvalue weighted by molar-refractivity contribution is -0.165. The van der Waals surface area contributed by atoms with Crippen LogP contribution in [-0.2, 0) is 16.0 Å². The Bertz CT molecular complexity index is 487. The summed E-state index contributed by atoms with van der Waals surface area (Å²) >= 11 is 0. The van der Waals surface area contributed by atoms with Crippen LogP contribution in [0.3, 0.4) is 0 Å². The average molecular weight is 299 g/mol. The van der Waals surface area contributed by atoms with Gasteiger partial charge in [-0.3, -0.25) is 5.73 Å². The van der Waals surface area contributed by atoms with Crippen LogP contribution in [0, 0.1) is 0 Å². The van der Waals surface area contributed by atoms with Crippen molar-refractivity contribution in [2.75, 3.05) is 0 Å². The summed E-state index contributed by atoms with van der Waals surface area (Å²) in [5.41, 5.74) is 6.90. The fraction of sp³-hybridized carbons (Fsp3) is 0.385. The van der Waals surface area contributed by atoms with E-state index in [1.807, 2.05) is 18.2 Å². The van der Waals surface area contributed by atoms with Crippen LogP contribution in [0.5, 0.6) is 5.75 Å². The van der Waals surface area contributed by atoms with Crippen molar-refractivity contribution < 1.29 is 34.8 Å². The molecule has 0 fully saturated rings. The molecular formula is C13H17NO7. The molecule has 1 aromatic rings. The second-order valence-electron chi connectivity index (χ2n) is 4.37. The second-order valence-corrected chi connectivity index (χ2v) is 4.37. The van der Waals surface area contributed by atoms with Crippen molar-refractivity contribution in [3.05, 3.63) is 29.8 Å². The van der Waals surface area contributed by atoms with Gasteiger partial charge < -0.3 is 25.2 Å². The number of para-hydroxylation sites is 1. The Morgan fingerprint density at radius 2 is 1.67 bits per heavy atom. The molecule has 8 nitrogen and oxygen atoms in total. The summed E-state index contributed by atoms with van der Waals surface area (Å²) in [6.45, 7) is 0. The number of aliphatic hydroxyl groups excluding tert-OH is 2. The molecular weight excluding hydrogens is 282 g/mol. The summed E-state index contributed by atoms with van der Waals surface area (Å²) in [6, 6.07) is 8.05. The topological polar surface area (TPSA) is 150 Å². The van der Waals surface area contributed by atoms with Crippen molar-refractivity contribution >= 4 is 11.9 Å². The van der Waals surface area contributed by atoms with E-state index in [0.29, 0.717) is 0 Å². The van der Waals surface area contributed by atoms with Crippen molar-refractivity contribution in [3.63, 3.8) is 0 Å². The van der Waals surface area contributed by atoms with Gasteiger partial charge in [-0.15, -0.1) is 0 Å². The van der Waals surface area contributed by atoms with Crippen LogP contribution in [-0.4, -0.2) is 50.8 Å². The molecule has 1 aromatic carbocycles. The summed E-state index contributed by atoms with van der Waals surface area (Å²) in [7, 11) is 0. The normalized spacial score (nSPS) is 19.1. The number of ether oxygens (including phenoxy) is 1. The Balaban J connectivity index is 0.000000212. The number of benzene rings is 1. The van der Waals surface area contributed by atoms with Crippen molar-refractivity contribution in [3.8, 4) is 5.75 Å². The highest BCUT2D eigenvalue weighted by Gasteiger charge is 2.29. The quantitative estimate of drug-likeness (QED) is 0.485. The van der Waals surface area contributed by atoms with Gasteiger partial charge in [-0.05, 0) is 18.1 Å². The third kappa shape index (κ3) is 5.03. The zero-order chi connectivity index (χ0) is 16.0. The number of carboxylic acids is 2. The number of hydrogen-bond acceptors (Lipinski definition) is 6. The van der Waals surface area contributed by atoms with Crippen LogP contribution in [0.4, 0.5) is 0 Å². The first kappa shape index (κ1) is 16.9. The molecule has 0 aliphatic carbocycles. The molecule has 6 N–H and O–H groups in total. The smallest absolute Gasteiger partial charge is 0.335 e. The van der Waals surface area contributed by atoms with E-state index in [-0.39, 0.29) is 6.23 Å². The van der Waals surface area contributed by atoms with Crippen molar-refractivity contribution in [2.45, 2.75) is 31.3 Å². The van der Waals surface area contributed by atoms with E-state index in [2.05, 4.69) is 6.07 Å². The van der Waals surface area contributed by atoms with E-state index >= 15 is 0 Å². The highest BCUT2D eigenvalue weighted by Crippen LogP contribution is 2.24. The van der Waals surface area contributed by atoms with E-state index < -0.39 is 24.1 Å². The Labute approximate surface area is 120 Å². The summed E-state index contributed by atoms with van der Waals surface area (Å²) in [5.74, 6) is -2.59. The van der Waals surface area contributed by atoms with E-state index in [4.69, 9.17) is 30.9 Å². The van der Waals surface area contributed by atoms with E-state index in [0.717, 1.165) is 18.6 Å². The largest absolute Gasteiger partial charge is 0.479 e. The first-order valence-electron chi connectivity index (χ1n) is 6.14. The number of carboxylic acid groups (broad SMARTS) is 2. The fourth-order valence-corrected chi connectivity index (χ4v) is 1.62. The van der Waals surface area contributed by atoms with Gasteiger partial charge in [0.1, 0.15) is 12.0 Å². The van der Waals surface area contributed by atoms with Gasteiger partial charge in [-0.1, -0.05) is 18.2 Å². The lowest BCUT2D eigenvalue weighted by Crippen LogP contribution is -2.39. The maximum Gasteiger partial charge on any atom is 0.335 e.